The van der Waals surface area contributed by atoms with Crippen LogP contribution in [0.25, 0.3) is 0 Å². The molecule has 0 aliphatic heterocycles. The van der Waals surface area contributed by atoms with Crippen LogP contribution in [-0.4, -0.2) is 18.7 Å². The molecule has 0 aromatic heterocycles. The number of nitrogens with one attached hydrogen (secondary N) is 1. The molecule has 0 atom stereocenters. The molecular formula is C19H37NO2. The Labute approximate surface area is 137 Å². The standard InChI is InChI=1S/C19H37NO2/c1-2-3-4-5-6-7-8-9-10-14-17-20-19(21)22-18-15-12-11-13-16-18/h18H,2-17H2,1H3,(H,20,21). The zero-order valence-electron chi connectivity index (χ0n) is 14.7. The number of hydrogen-bond acceptors (Lipinski definition) is 2. The van der Waals surface area contributed by atoms with E-state index < -0.39 is 0 Å². The Balaban J connectivity index is 1.79. The van der Waals surface area contributed by atoms with Gasteiger partial charge in [0, 0.05) is 6.54 Å². The third-order valence-electron chi connectivity index (χ3n) is 4.63. The summed E-state index contributed by atoms with van der Waals surface area (Å²) in [4.78, 5) is 11.6. The number of ether oxygens (including phenoxy) is 1. The number of hydrogen-bond donors (Lipinski definition) is 1. The lowest BCUT2D eigenvalue weighted by Crippen LogP contribution is -2.30. The van der Waals surface area contributed by atoms with Crippen LogP contribution < -0.4 is 5.32 Å². The SMILES string of the molecule is CCCCCCCCCCCCNC(=O)OC1CCCCC1. The molecule has 0 bridgehead atoms. The minimum atomic E-state index is -0.206. The van der Waals surface area contributed by atoms with Crippen LogP contribution >= 0.6 is 0 Å². The van der Waals surface area contributed by atoms with Gasteiger partial charge in [-0.05, 0) is 32.1 Å². The molecular weight excluding hydrogens is 274 g/mol. The van der Waals surface area contributed by atoms with Gasteiger partial charge in [-0.3, -0.25) is 0 Å². The van der Waals surface area contributed by atoms with Gasteiger partial charge >= 0.3 is 6.09 Å². The summed E-state index contributed by atoms with van der Waals surface area (Å²) in [6.45, 7) is 3.03. The van der Waals surface area contributed by atoms with E-state index >= 15 is 0 Å². The largest absolute Gasteiger partial charge is 0.446 e. The summed E-state index contributed by atoms with van der Waals surface area (Å²) in [5, 5.41) is 2.89. The first-order valence-electron chi connectivity index (χ1n) is 9.77. The van der Waals surface area contributed by atoms with Gasteiger partial charge in [0.05, 0.1) is 0 Å². The van der Waals surface area contributed by atoms with Crippen molar-refractivity contribution in [1.82, 2.24) is 5.32 Å². The Hall–Kier alpha value is -0.730. The molecule has 3 heteroatoms. The Kier molecular flexibility index (Phi) is 12.2. The maximum atomic E-state index is 11.6. The Morgan fingerprint density at radius 2 is 1.41 bits per heavy atom. The Morgan fingerprint density at radius 3 is 2.00 bits per heavy atom. The van der Waals surface area contributed by atoms with Gasteiger partial charge < -0.3 is 10.1 Å². The van der Waals surface area contributed by atoms with Crippen molar-refractivity contribution in [1.29, 1.82) is 0 Å². The maximum absolute atomic E-state index is 11.6. The molecule has 0 saturated heterocycles. The predicted molar refractivity (Wildman–Crippen MR) is 93.2 cm³/mol. The summed E-state index contributed by atoms with van der Waals surface area (Å²) in [5.74, 6) is 0. The third-order valence-corrected chi connectivity index (χ3v) is 4.63. The van der Waals surface area contributed by atoms with E-state index in [-0.39, 0.29) is 12.2 Å². The number of carbonyl (C=O) groups excluding carboxylic acids is 1. The van der Waals surface area contributed by atoms with Crippen molar-refractivity contribution in [2.45, 2.75) is 109 Å². The number of unbranched alkanes of at least 4 members (excludes halogenated alkanes) is 9. The van der Waals surface area contributed by atoms with Crippen LogP contribution in [0.3, 0.4) is 0 Å². The van der Waals surface area contributed by atoms with Crippen LogP contribution in [0.15, 0.2) is 0 Å². The van der Waals surface area contributed by atoms with Gasteiger partial charge in [-0.25, -0.2) is 4.79 Å². The van der Waals surface area contributed by atoms with Crippen molar-refractivity contribution in [3.63, 3.8) is 0 Å². The van der Waals surface area contributed by atoms with Crippen molar-refractivity contribution in [2.24, 2.45) is 0 Å². The van der Waals surface area contributed by atoms with Crippen LogP contribution in [0.4, 0.5) is 4.79 Å². The van der Waals surface area contributed by atoms with Crippen LogP contribution in [0.1, 0.15) is 103 Å². The van der Waals surface area contributed by atoms with Crippen molar-refractivity contribution in [2.75, 3.05) is 6.54 Å². The average Bonchev–Trinajstić information content (AvgIpc) is 2.53. The topological polar surface area (TPSA) is 38.3 Å². The van der Waals surface area contributed by atoms with E-state index in [4.69, 9.17) is 4.74 Å². The highest BCUT2D eigenvalue weighted by Crippen LogP contribution is 2.20. The fourth-order valence-electron chi connectivity index (χ4n) is 3.18. The van der Waals surface area contributed by atoms with E-state index in [9.17, 15) is 4.79 Å². The summed E-state index contributed by atoms with van der Waals surface area (Å²) in [6, 6.07) is 0. The van der Waals surface area contributed by atoms with E-state index in [1.807, 2.05) is 0 Å². The van der Waals surface area contributed by atoms with E-state index in [0.717, 1.165) is 25.8 Å². The number of rotatable bonds is 12. The molecule has 1 aliphatic rings. The molecule has 0 aromatic rings. The molecule has 22 heavy (non-hydrogen) atoms. The maximum Gasteiger partial charge on any atom is 0.407 e. The first kappa shape index (κ1) is 19.3. The molecule has 130 valence electrons. The summed E-state index contributed by atoms with van der Waals surface area (Å²) in [6.07, 6.45) is 19.0. The molecule has 0 radical (unpaired) electrons. The zero-order valence-corrected chi connectivity index (χ0v) is 14.7. The molecule has 3 nitrogen and oxygen atoms in total. The van der Waals surface area contributed by atoms with Crippen LogP contribution in [0, 0.1) is 0 Å². The Morgan fingerprint density at radius 1 is 0.864 bits per heavy atom. The molecule has 0 unspecified atom stereocenters. The second kappa shape index (κ2) is 13.9. The minimum absolute atomic E-state index is 0.168. The first-order valence-corrected chi connectivity index (χ1v) is 9.77. The van der Waals surface area contributed by atoms with Gasteiger partial charge in [-0.2, -0.15) is 0 Å². The highest BCUT2D eigenvalue weighted by atomic mass is 16.6. The molecule has 1 aliphatic carbocycles. The lowest BCUT2D eigenvalue weighted by atomic mass is 9.98. The highest BCUT2D eigenvalue weighted by Gasteiger charge is 2.16. The zero-order chi connectivity index (χ0) is 15.9. The van der Waals surface area contributed by atoms with E-state index in [2.05, 4.69) is 12.2 Å². The normalized spacial score (nSPS) is 15.7. The lowest BCUT2D eigenvalue weighted by Gasteiger charge is -2.21. The average molecular weight is 312 g/mol. The minimum Gasteiger partial charge on any atom is -0.446 e. The van der Waals surface area contributed by atoms with Crippen molar-refractivity contribution >= 4 is 6.09 Å². The van der Waals surface area contributed by atoms with E-state index in [1.165, 1.54) is 77.0 Å². The Bertz CT molecular complexity index is 262. The predicted octanol–water partition coefficient (Wildman–Crippen LogP) is 5.97. The summed E-state index contributed by atoms with van der Waals surface area (Å²) in [7, 11) is 0. The van der Waals surface area contributed by atoms with Crippen LogP contribution in [0.2, 0.25) is 0 Å². The molecule has 1 rings (SSSR count). The second-order valence-corrected chi connectivity index (χ2v) is 6.77. The first-order chi connectivity index (χ1) is 10.8. The second-order valence-electron chi connectivity index (χ2n) is 6.77. The van der Waals surface area contributed by atoms with Crippen molar-refractivity contribution in [3.8, 4) is 0 Å². The molecule has 0 spiro atoms. The van der Waals surface area contributed by atoms with Crippen molar-refractivity contribution in [3.05, 3.63) is 0 Å². The summed E-state index contributed by atoms with van der Waals surface area (Å²) in [5.41, 5.74) is 0. The molecule has 1 amide bonds. The van der Waals surface area contributed by atoms with Gasteiger partial charge in [-0.1, -0.05) is 71.1 Å². The van der Waals surface area contributed by atoms with Gasteiger partial charge in [0.25, 0.3) is 0 Å². The van der Waals surface area contributed by atoms with E-state index in [0.29, 0.717) is 0 Å². The monoisotopic (exact) mass is 311 g/mol. The van der Waals surface area contributed by atoms with Gasteiger partial charge in [-0.15, -0.1) is 0 Å². The number of alkyl carbamates (subject to hydrolysis) is 1. The summed E-state index contributed by atoms with van der Waals surface area (Å²) >= 11 is 0. The summed E-state index contributed by atoms with van der Waals surface area (Å²) < 4.78 is 5.43. The molecule has 1 saturated carbocycles. The molecule has 0 heterocycles. The molecule has 1 fully saturated rings. The smallest absolute Gasteiger partial charge is 0.407 e. The fraction of sp³-hybridized carbons (Fsp3) is 0.947. The third kappa shape index (κ3) is 10.9. The number of amides is 1. The lowest BCUT2D eigenvalue weighted by molar-refractivity contribution is 0.0753. The van der Waals surface area contributed by atoms with E-state index in [1.54, 1.807) is 0 Å². The van der Waals surface area contributed by atoms with Crippen LogP contribution in [-0.2, 0) is 4.74 Å². The molecule has 0 aromatic carbocycles. The van der Waals surface area contributed by atoms with Gasteiger partial charge in [0.2, 0.25) is 0 Å². The van der Waals surface area contributed by atoms with Crippen molar-refractivity contribution < 1.29 is 9.53 Å². The number of carbonyl (C=O) groups is 1. The highest BCUT2D eigenvalue weighted by molar-refractivity contribution is 5.67. The van der Waals surface area contributed by atoms with Gasteiger partial charge in [0.1, 0.15) is 6.10 Å². The van der Waals surface area contributed by atoms with Crippen LogP contribution in [0.5, 0.6) is 0 Å². The van der Waals surface area contributed by atoms with Gasteiger partial charge in [0.15, 0.2) is 0 Å². The quantitative estimate of drug-likeness (QED) is 0.451. The molecule has 1 N–H and O–H groups in total. The fourth-order valence-corrected chi connectivity index (χ4v) is 3.18.